The first-order chi connectivity index (χ1) is 9.99. The Balaban J connectivity index is 2.30. The third-order valence-electron chi connectivity index (χ3n) is 3.84. The van der Waals surface area contributed by atoms with Crippen LogP contribution >= 0.6 is 0 Å². The van der Waals surface area contributed by atoms with Gasteiger partial charge in [-0.1, -0.05) is 90.6 Å². The molecule has 0 fully saturated rings. The van der Waals surface area contributed by atoms with Gasteiger partial charge in [0.2, 0.25) is 0 Å². The summed E-state index contributed by atoms with van der Waals surface area (Å²) < 4.78 is 0. The molecule has 0 aliphatic rings. The standard InChI is InChI=1S/C19H24OSi/c1-16(20)19(14-17-10-6-4-7-11-17)21(2,3)15-18-12-8-5-9-13-18/h4-14,16,20H,15H2,1-3H3/b19-14+. The molecule has 110 valence electrons. The Morgan fingerprint density at radius 2 is 1.52 bits per heavy atom. The maximum atomic E-state index is 10.3. The number of aliphatic hydroxyl groups excluding tert-OH is 1. The molecule has 0 aromatic heterocycles. The van der Waals surface area contributed by atoms with Crippen molar-refractivity contribution in [3.8, 4) is 0 Å². The van der Waals surface area contributed by atoms with Crippen molar-refractivity contribution in [2.45, 2.75) is 32.2 Å². The van der Waals surface area contributed by atoms with E-state index in [1.54, 1.807) is 0 Å². The van der Waals surface area contributed by atoms with Crippen molar-refractivity contribution < 1.29 is 5.11 Å². The first-order valence-corrected chi connectivity index (χ1v) is 10.7. The molecule has 0 bridgehead atoms. The van der Waals surface area contributed by atoms with Crippen LogP contribution in [0.4, 0.5) is 0 Å². The summed E-state index contributed by atoms with van der Waals surface area (Å²) in [6.07, 6.45) is 1.79. The maximum absolute atomic E-state index is 10.3. The largest absolute Gasteiger partial charge is 0.389 e. The van der Waals surface area contributed by atoms with Gasteiger partial charge < -0.3 is 5.11 Å². The predicted octanol–water partition coefficient (Wildman–Crippen LogP) is 4.48. The maximum Gasteiger partial charge on any atom is 0.0831 e. The summed E-state index contributed by atoms with van der Waals surface area (Å²) in [5.74, 6) is 0. The van der Waals surface area contributed by atoms with Gasteiger partial charge in [-0.25, -0.2) is 0 Å². The SMILES string of the molecule is CC(O)/C(=C\c1ccccc1)[Si](C)(C)Cc1ccccc1. The fraction of sp³-hybridized carbons (Fsp3) is 0.263. The van der Waals surface area contributed by atoms with Gasteiger partial charge in [-0.05, 0) is 18.5 Å². The van der Waals surface area contributed by atoms with Crippen molar-refractivity contribution in [3.63, 3.8) is 0 Å². The molecule has 2 aromatic carbocycles. The van der Waals surface area contributed by atoms with Crippen LogP contribution in [0, 0.1) is 0 Å². The summed E-state index contributed by atoms with van der Waals surface area (Å²) >= 11 is 0. The minimum absolute atomic E-state index is 0.393. The first kappa shape index (κ1) is 15.7. The molecule has 2 rings (SSSR count). The van der Waals surface area contributed by atoms with Crippen LogP contribution in [0.15, 0.2) is 65.9 Å². The molecule has 1 unspecified atom stereocenters. The summed E-state index contributed by atoms with van der Waals surface area (Å²) in [5, 5.41) is 11.5. The van der Waals surface area contributed by atoms with Crippen LogP contribution < -0.4 is 0 Å². The molecule has 0 heterocycles. The summed E-state index contributed by atoms with van der Waals surface area (Å²) in [6, 6.07) is 21.9. The molecule has 0 amide bonds. The van der Waals surface area contributed by atoms with E-state index in [1.807, 2.05) is 31.2 Å². The first-order valence-electron chi connectivity index (χ1n) is 7.48. The van der Waals surface area contributed by atoms with Gasteiger partial charge in [0.15, 0.2) is 0 Å². The number of benzene rings is 2. The van der Waals surface area contributed by atoms with E-state index < -0.39 is 14.2 Å². The molecule has 21 heavy (non-hydrogen) atoms. The summed E-state index contributed by atoms with van der Waals surface area (Å²) in [6.45, 7) is 6.55. The number of aliphatic hydroxyl groups is 1. The van der Waals surface area contributed by atoms with E-state index in [9.17, 15) is 5.11 Å². The molecule has 0 aliphatic carbocycles. The number of hydrogen-bond acceptors (Lipinski definition) is 1. The second-order valence-electron chi connectivity index (χ2n) is 6.23. The van der Waals surface area contributed by atoms with E-state index in [-0.39, 0.29) is 0 Å². The van der Waals surface area contributed by atoms with E-state index in [4.69, 9.17) is 0 Å². The highest BCUT2D eigenvalue weighted by Crippen LogP contribution is 2.25. The van der Waals surface area contributed by atoms with Gasteiger partial charge in [0, 0.05) is 0 Å². The molecule has 2 aromatic rings. The van der Waals surface area contributed by atoms with E-state index in [1.165, 1.54) is 16.3 Å². The topological polar surface area (TPSA) is 20.2 Å². The fourth-order valence-electron chi connectivity index (χ4n) is 2.82. The van der Waals surface area contributed by atoms with Crippen molar-refractivity contribution in [1.29, 1.82) is 0 Å². The van der Waals surface area contributed by atoms with Gasteiger partial charge in [0.25, 0.3) is 0 Å². The zero-order chi connectivity index (χ0) is 15.3. The molecule has 0 radical (unpaired) electrons. The molecule has 1 atom stereocenters. The summed E-state index contributed by atoms with van der Waals surface area (Å²) in [7, 11) is -1.71. The van der Waals surface area contributed by atoms with Crippen LogP contribution in [0.5, 0.6) is 0 Å². The van der Waals surface area contributed by atoms with Gasteiger partial charge >= 0.3 is 0 Å². The average molecular weight is 296 g/mol. The van der Waals surface area contributed by atoms with Gasteiger partial charge in [0.05, 0.1) is 14.2 Å². The Hall–Kier alpha value is -1.64. The molecular formula is C19H24OSi. The van der Waals surface area contributed by atoms with Gasteiger partial charge in [-0.15, -0.1) is 0 Å². The molecule has 0 saturated carbocycles. The molecule has 0 aliphatic heterocycles. The van der Waals surface area contributed by atoms with Crippen molar-refractivity contribution in [1.82, 2.24) is 0 Å². The molecule has 0 saturated heterocycles. The summed E-state index contributed by atoms with van der Waals surface area (Å²) in [4.78, 5) is 0. The van der Waals surface area contributed by atoms with E-state index in [2.05, 4.69) is 55.6 Å². The van der Waals surface area contributed by atoms with Crippen molar-refractivity contribution in [2.24, 2.45) is 0 Å². The second-order valence-corrected chi connectivity index (χ2v) is 10.9. The van der Waals surface area contributed by atoms with Crippen molar-refractivity contribution in [2.75, 3.05) is 0 Å². The smallest absolute Gasteiger partial charge is 0.0831 e. The normalized spacial score (nSPS) is 14.0. The van der Waals surface area contributed by atoms with Gasteiger partial charge in [-0.2, -0.15) is 0 Å². The lowest BCUT2D eigenvalue weighted by Crippen LogP contribution is -2.37. The number of rotatable bonds is 5. The Labute approximate surface area is 129 Å². The summed E-state index contributed by atoms with van der Waals surface area (Å²) in [5.41, 5.74) is 2.52. The lowest BCUT2D eigenvalue weighted by Gasteiger charge is -2.28. The van der Waals surface area contributed by atoms with Crippen LogP contribution in [0.3, 0.4) is 0 Å². The lowest BCUT2D eigenvalue weighted by atomic mass is 10.2. The monoisotopic (exact) mass is 296 g/mol. The fourth-order valence-corrected chi connectivity index (χ4v) is 5.97. The van der Waals surface area contributed by atoms with Gasteiger partial charge in [0.1, 0.15) is 0 Å². The highest BCUT2D eigenvalue weighted by Gasteiger charge is 2.29. The van der Waals surface area contributed by atoms with Crippen molar-refractivity contribution >= 4 is 14.1 Å². The molecule has 1 N–H and O–H groups in total. The quantitative estimate of drug-likeness (QED) is 0.807. The third-order valence-corrected chi connectivity index (χ3v) is 7.26. The van der Waals surface area contributed by atoms with E-state index in [0.717, 1.165) is 6.04 Å². The van der Waals surface area contributed by atoms with E-state index >= 15 is 0 Å². The predicted molar refractivity (Wildman–Crippen MR) is 93.7 cm³/mol. The Bertz CT molecular complexity index is 585. The van der Waals surface area contributed by atoms with Crippen LogP contribution in [-0.4, -0.2) is 19.3 Å². The molecular weight excluding hydrogens is 272 g/mol. The second kappa shape index (κ2) is 6.88. The van der Waals surface area contributed by atoms with Crippen LogP contribution in [0.2, 0.25) is 13.1 Å². The van der Waals surface area contributed by atoms with Crippen LogP contribution in [-0.2, 0) is 6.04 Å². The average Bonchev–Trinajstić information content (AvgIpc) is 2.46. The van der Waals surface area contributed by atoms with Crippen LogP contribution in [0.1, 0.15) is 18.1 Å². The molecule has 1 nitrogen and oxygen atoms in total. The minimum Gasteiger partial charge on any atom is -0.389 e. The van der Waals surface area contributed by atoms with Crippen molar-refractivity contribution in [3.05, 3.63) is 77.0 Å². The van der Waals surface area contributed by atoms with Crippen LogP contribution in [0.25, 0.3) is 6.08 Å². The molecule has 0 spiro atoms. The zero-order valence-electron chi connectivity index (χ0n) is 13.1. The zero-order valence-corrected chi connectivity index (χ0v) is 14.1. The Morgan fingerprint density at radius 1 is 1.00 bits per heavy atom. The minimum atomic E-state index is -1.71. The lowest BCUT2D eigenvalue weighted by molar-refractivity contribution is 0.239. The molecule has 2 heteroatoms. The Morgan fingerprint density at radius 3 is 2.05 bits per heavy atom. The third kappa shape index (κ3) is 4.41. The number of hydrogen-bond donors (Lipinski definition) is 1. The highest BCUT2D eigenvalue weighted by molar-refractivity contribution is 6.84. The highest BCUT2D eigenvalue weighted by atomic mass is 28.3. The van der Waals surface area contributed by atoms with Gasteiger partial charge in [-0.3, -0.25) is 0 Å². The Kier molecular flexibility index (Phi) is 5.15. The van der Waals surface area contributed by atoms with E-state index in [0.29, 0.717) is 0 Å².